The maximum atomic E-state index is 14.8. The highest BCUT2D eigenvalue weighted by Crippen LogP contribution is 2.46. The van der Waals surface area contributed by atoms with Gasteiger partial charge in [0.05, 0.1) is 6.61 Å². The molecule has 3 aliphatic heterocycles. The van der Waals surface area contributed by atoms with E-state index >= 15 is 0 Å². The summed E-state index contributed by atoms with van der Waals surface area (Å²) >= 11 is 0. The Bertz CT molecular complexity index is 1150. The summed E-state index contributed by atoms with van der Waals surface area (Å²) < 4.78 is 73.5. The summed E-state index contributed by atoms with van der Waals surface area (Å²) in [5.41, 5.74) is 2.53. The van der Waals surface area contributed by atoms with Crippen LogP contribution in [0.25, 0.3) is 0 Å². The topological polar surface area (TPSA) is 126 Å². The Hall–Kier alpha value is -3.06. The minimum Gasteiger partial charge on any atom is -0.372 e. The molecule has 3 atom stereocenters. The van der Waals surface area contributed by atoms with Crippen LogP contribution in [0.4, 0.5) is 18.9 Å². The second kappa shape index (κ2) is 7.27. The molecule has 4 N–H and O–H groups in total. The second-order valence-electron chi connectivity index (χ2n) is 7.20. The van der Waals surface area contributed by atoms with Crippen LogP contribution in [-0.2, 0) is 25.1 Å². The first kappa shape index (κ1) is 21.2. The fraction of sp³-hybridized carbons (Fsp3) is 0.333. The average molecular weight is 457 g/mol. The number of amides is 1. The highest BCUT2D eigenvalue weighted by atomic mass is 32.2. The molecule has 0 bridgehead atoms. The number of nitrogens with zero attached hydrogens (tertiary/aromatic N) is 2. The zero-order valence-electron chi connectivity index (χ0n) is 16.1. The summed E-state index contributed by atoms with van der Waals surface area (Å²) in [6.07, 6.45) is 1.44. The molecule has 2 unspecified atom stereocenters. The minimum atomic E-state index is -4.08. The van der Waals surface area contributed by atoms with Gasteiger partial charge in [0.2, 0.25) is 11.4 Å². The van der Waals surface area contributed by atoms with Crippen molar-refractivity contribution in [3.63, 3.8) is 0 Å². The van der Waals surface area contributed by atoms with E-state index in [9.17, 15) is 26.4 Å². The molecule has 4 rings (SSSR count). The van der Waals surface area contributed by atoms with Crippen LogP contribution in [0.15, 0.2) is 47.1 Å². The number of dihydropyridines is 1. The van der Waals surface area contributed by atoms with Gasteiger partial charge in [0.25, 0.3) is 15.9 Å². The number of hydrogen-bond donors (Lipinski definition) is 3. The first-order valence-electron chi connectivity index (χ1n) is 9.10. The Labute approximate surface area is 175 Å². The summed E-state index contributed by atoms with van der Waals surface area (Å²) in [6.45, 7) is -0.00948. The maximum absolute atomic E-state index is 14.8. The molecular weight excluding hydrogens is 439 g/mol. The minimum absolute atomic E-state index is 0.00948. The predicted octanol–water partition coefficient (Wildman–Crippen LogP) is 0.932. The molecule has 9 nitrogen and oxygen atoms in total. The largest absolute Gasteiger partial charge is 0.372 e. The van der Waals surface area contributed by atoms with Crippen molar-refractivity contribution < 1.29 is 31.1 Å². The van der Waals surface area contributed by atoms with E-state index in [4.69, 9.17) is 10.5 Å². The van der Waals surface area contributed by atoms with Gasteiger partial charge in [0.1, 0.15) is 23.0 Å². The number of carbonyl (C=O) groups excluding carboxylic acids is 1. The molecule has 0 spiro atoms. The molecule has 1 aromatic rings. The van der Waals surface area contributed by atoms with E-state index in [0.29, 0.717) is 6.08 Å². The van der Waals surface area contributed by atoms with Gasteiger partial charge in [-0.2, -0.15) is 0 Å². The molecule has 3 heterocycles. The van der Waals surface area contributed by atoms with Gasteiger partial charge in [-0.3, -0.25) is 4.79 Å². The number of nitrogens with two attached hydrogens (primary N) is 1. The van der Waals surface area contributed by atoms with Crippen molar-refractivity contribution in [2.75, 3.05) is 19.0 Å². The molecule has 1 fully saturated rings. The number of hydrogen-bond acceptors (Lipinski definition) is 7. The van der Waals surface area contributed by atoms with Crippen LogP contribution in [0, 0.1) is 5.82 Å². The molecule has 0 saturated carbocycles. The third kappa shape index (κ3) is 3.33. The lowest BCUT2D eigenvalue weighted by atomic mass is 9.88. The van der Waals surface area contributed by atoms with Crippen LogP contribution in [0.3, 0.4) is 0 Å². The van der Waals surface area contributed by atoms with E-state index in [1.807, 2.05) is 0 Å². The van der Waals surface area contributed by atoms with Crippen LogP contribution >= 0.6 is 0 Å². The van der Waals surface area contributed by atoms with E-state index in [2.05, 4.69) is 15.6 Å². The summed E-state index contributed by atoms with van der Waals surface area (Å²) in [5.74, 6) is -3.90. The number of benzene rings is 1. The lowest BCUT2D eigenvalue weighted by Gasteiger charge is -2.38. The third-order valence-corrected chi connectivity index (χ3v) is 7.35. The monoisotopic (exact) mass is 457 g/mol. The molecule has 13 heteroatoms. The number of carbonyl (C=O) groups is 1. The van der Waals surface area contributed by atoms with Gasteiger partial charge >= 0.3 is 0 Å². The Morgan fingerprint density at radius 1 is 1.39 bits per heavy atom. The second-order valence-corrected chi connectivity index (χ2v) is 9.21. The van der Waals surface area contributed by atoms with Crippen molar-refractivity contribution >= 4 is 27.6 Å². The summed E-state index contributed by atoms with van der Waals surface area (Å²) in [4.78, 5) is 16.7. The SMILES string of the molecule is CN1C(N)=N[C@@]2(c3cc(NC(=O)C4NC=C(F)C=C4F)ccc3F)CCOC2S1(=O)=O. The van der Waals surface area contributed by atoms with Gasteiger partial charge in [-0.15, -0.1) is 0 Å². The van der Waals surface area contributed by atoms with Gasteiger partial charge in [-0.25, -0.2) is 30.9 Å². The molecule has 1 amide bonds. The fourth-order valence-electron chi connectivity index (χ4n) is 3.74. The Morgan fingerprint density at radius 2 is 2.13 bits per heavy atom. The molecule has 1 aromatic carbocycles. The molecule has 31 heavy (non-hydrogen) atoms. The molecule has 0 radical (unpaired) electrons. The Morgan fingerprint density at radius 3 is 2.84 bits per heavy atom. The van der Waals surface area contributed by atoms with Crippen molar-refractivity contribution in [1.29, 1.82) is 0 Å². The zero-order valence-corrected chi connectivity index (χ0v) is 16.9. The van der Waals surface area contributed by atoms with E-state index in [0.717, 1.165) is 16.6 Å². The standard InChI is InChI=1S/C18H18F3N5O4S/c1-26-17(22)25-18(4-5-30-16(18)31(26,28)29)11-7-10(2-3-12(11)20)24-15(27)14-13(21)6-9(19)8-23-14/h2-3,6-8,14,16,23H,4-5H2,1H3,(H2,22,25)(H,24,27)/t14?,16?,18-/m1/s1. The summed E-state index contributed by atoms with van der Waals surface area (Å²) in [6, 6.07) is 1.96. The van der Waals surface area contributed by atoms with Gasteiger partial charge in [-0.05, 0) is 18.2 Å². The lowest BCUT2D eigenvalue weighted by molar-refractivity contribution is -0.117. The van der Waals surface area contributed by atoms with Crippen molar-refractivity contribution in [1.82, 2.24) is 9.62 Å². The van der Waals surface area contributed by atoms with E-state index < -0.39 is 50.4 Å². The van der Waals surface area contributed by atoms with Crippen molar-refractivity contribution in [3.8, 4) is 0 Å². The summed E-state index contributed by atoms with van der Waals surface area (Å²) in [5, 5.41) is 4.68. The number of rotatable bonds is 3. The van der Waals surface area contributed by atoms with Gasteiger partial charge in [-0.1, -0.05) is 0 Å². The molecule has 0 aromatic heterocycles. The number of ether oxygens (including phenoxy) is 1. The van der Waals surface area contributed by atoms with Gasteiger partial charge in [0, 0.05) is 37.0 Å². The fourth-order valence-corrected chi connectivity index (χ4v) is 5.39. The number of sulfonamides is 1. The maximum Gasteiger partial charge on any atom is 0.267 e. The lowest BCUT2D eigenvalue weighted by Crippen LogP contribution is -2.55. The van der Waals surface area contributed by atoms with Crippen LogP contribution in [0.1, 0.15) is 12.0 Å². The number of anilines is 1. The first-order chi connectivity index (χ1) is 14.6. The number of nitrogens with one attached hydrogen (secondary N) is 2. The zero-order chi connectivity index (χ0) is 22.6. The van der Waals surface area contributed by atoms with Crippen LogP contribution < -0.4 is 16.4 Å². The van der Waals surface area contributed by atoms with Crippen molar-refractivity contribution in [2.24, 2.45) is 10.7 Å². The normalized spacial score (nSPS) is 29.3. The van der Waals surface area contributed by atoms with E-state index in [1.54, 1.807) is 0 Å². The van der Waals surface area contributed by atoms with Crippen LogP contribution in [0.2, 0.25) is 0 Å². The molecule has 166 valence electrons. The summed E-state index contributed by atoms with van der Waals surface area (Å²) in [7, 11) is -2.87. The number of allylic oxidation sites excluding steroid dienone is 2. The predicted molar refractivity (Wildman–Crippen MR) is 105 cm³/mol. The van der Waals surface area contributed by atoms with E-state index in [1.165, 1.54) is 19.2 Å². The highest BCUT2D eigenvalue weighted by molar-refractivity contribution is 7.90. The van der Waals surface area contributed by atoms with Gasteiger partial charge in [0.15, 0.2) is 6.04 Å². The smallest absolute Gasteiger partial charge is 0.267 e. The Balaban J connectivity index is 1.71. The molecule has 1 saturated heterocycles. The van der Waals surface area contributed by atoms with E-state index in [-0.39, 0.29) is 30.2 Å². The Kier molecular flexibility index (Phi) is 4.97. The number of halogens is 3. The molecule has 3 aliphatic rings. The molecule has 0 aliphatic carbocycles. The average Bonchev–Trinajstić information content (AvgIpc) is 3.13. The van der Waals surface area contributed by atoms with Crippen molar-refractivity contribution in [3.05, 3.63) is 53.5 Å². The third-order valence-electron chi connectivity index (χ3n) is 5.33. The van der Waals surface area contributed by atoms with Crippen LogP contribution in [-0.4, -0.2) is 49.7 Å². The quantitative estimate of drug-likeness (QED) is 0.620. The van der Waals surface area contributed by atoms with Gasteiger partial charge < -0.3 is 21.1 Å². The van der Waals surface area contributed by atoms with Crippen LogP contribution in [0.5, 0.6) is 0 Å². The number of guanidine groups is 1. The highest BCUT2D eigenvalue weighted by Gasteiger charge is 2.58. The molecular formula is C18H18F3N5O4S. The number of fused-ring (bicyclic) bond motifs is 1. The number of aliphatic imine (C=N–C) groups is 1. The van der Waals surface area contributed by atoms with Crippen molar-refractivity contribution in [2.45, 2.75) is 23.4 Å². The first-order valence-corrected chi connectivity index (χ1v) is 10.6.